The molecule has 88 valence electrons. The molecule has 1 aromatic heterocycles. The third-order valence-corrected chi connectivity index (χ3v) is 2.49. The summed E-state index contributed by atoms with van der Waals surface area (Å²) < 4.78 is 13.2. The fourth-order valence-corrected chi connectivity index (χ4v) is 1.67. The monoisotopic (exact) mass is 231 g/mol. The average molecular weight is 231 g/mol. The SMILES string of the molecule is CN(Cc1cccnc1)c1cc(N)cc(F)c1. The van der Waals surface area contributed by atoms with Crippen molar-refractivity contribution in [2.24, 2.45) is 0 Å². The quantitative estimate of drug-likeness (QED) is 0.825. The summed E-state index contributed by atoms with van der Waals surface area (Å²) in [6, 6.07) is 8.38. The molecule has 0 amide bonds. The molecule has 0 saturated heterocycles. The standard InChI is InChI=1S/C13H14FN3/c1-17(9-10-3-2-4-16-8-10)13-6-11(14)5-12(15)7-13/h2-8H,9,15H2,1H3. The van der Waals surface area contributed by atoms with Crippen LogP contribution in [0.3, 0.4) is 0 Å². The third-order valence-electron chi connectivity index (χ3n) is 2.49. The Bertz CT molecular complexity index is 479. The smallest absolute Gasteiger partial charge is 0.127 e. The molecule has 0 aliphatic heterocycles. The van der Waals surface area contributed by atoms with Gasteiger partial charge >= 0.3 is 0 Å². The van der Waals surface area contributed by atoms with E-state index in [-0.39, 0.29) is 5.82 Å². The first-order valence-corrected chi connectivity index (χ1v) is 5.31. The Labute approximate surface area is 99.7 Å². The number of nitrogen functional groups attached to an aromatic ring is 1. The van der Waals surface area contributed by atoms with Crippen molar-refractivity contribution in [2.45, 2.75) is 6.54 Å². The van der Waals surface area contributed by atoms with Crippen LogP contribution in [0, 0.1) is 5.82 Å². The minimum absolute atomic E-state index is 0.321. The molecule has 3 nitrogen and oxygen atoms in total. The van der Waals surface area contributed by atoms with Crippen molar-refractivity contribution >= 4 is 11.4 Å². The first-order chi connectivity index (χ1) is 8.15. The molecule has 0 atom stereocenters. The molecule has 2 rings (SSSR count). The minimum atomic E-state index is -0.321. The van der Waals surface area contributed by atoms with Crippen molar-refractivity contribution in [2.75, 3.05) is 17.7 Å². The third kappa shape index (κ3) is 2.93. The Morgan fingerprint density at radius 3 is 2.82 bits per heavy atom. The molecular formula is C13H14FN3. The van der Waals surface area contributed by atoms with Crippen LogP contribution in [0.25, 0.3) is 0 Å². The minimum Gasteiger partial charge on any atom is -0.399 e. The Morgan fingerprint density at radius 2 is 2.18 bits per heavy atom. The first-order valence-electron chi connectivity index (χ1n) is 5.31. The van der Waals surface area contributed by atoms with Crippen LogP contribution in [0.1, 0.15) is 5.56 Å². The van der Waals surface area contributed by atoms with Gasteiger partial charge < -0.3 is 10.6 Å². The van der Waals surface area contributed by atoms with Gasteiger partial charge in [0.15, 0.2) is 0 Å². The van der Waals surface area contributed by atoms with Crippen LogP contribution < -0.4 is 10.6 Å². The van der Waals surface area contributed by atoms with Crippen molar-refractivity contribution in [1.29, 1.82) is 0 Å². The van der Waals surface area contributed by atoms with Crippen LogP contribution in [0.5, 0.6) is 0 Å². The second-order valence-corrected chi connectivity index (χ2v) is 3.96. The van der Waals surface area contributed by atoms with Gasteiger partial charge in [-0.15, -0.1) is 0 Å². The van der Waals surface area contributed by atoms with Crippen LogP contribution in [0.15, 0.2) is 42.7 Å². The van der Waals surface area contributed by atoms with E-state index in [4.69, 9.17) is 5.73 Å². The van der Waals surface area contributed by atoms with Gasteiger partial charge in [-0.2, -0.15) is 0 Å². The van der Waals surface area contributed by atoms with Crippen molar-refractivity contribution in [1.82, 2.24) is 4.98 Å². The van der Waals surface area contributed by atoms with Gasteiger partial charge in [0.05, 0.1) is 0 Å². The van der Waals surface area contributed by atoms with Crippen LogP contribution in [-0.4, -0.2) is 12.0 Å². The highest BCUT2D eigenvalue weighted by Crippen LogP contribution is 2.20. The second-order valence-electron chi connectivity index (χ2n) is 3.96. The number of anilines is 2. The second kappa shape index (κ2) is 4.82. The zero-order valence-electron chi connectivity index (χ0n) is 9.60. The number of pyridine rings is 1. The van der Waals surface area contributed by atoms with E-state index < -0.39 is 0 Å². The number of benzene rings is 1. The first kappa shape index (κ1) is 11.4. The molecule has 4 heteroatoms. The number of hydrogen-bond acceptors (Lipinski definition) is 3. The molecule has 0 bridgehead atoms. The summed E-state index contributed by atoms with van der Waals surface area (Å²) in [4.78, 5) is 5.97. The summed E-state index contributed by atoms with van der Waals surface area (Å²) in [6.45, 7) is 0.663. The maximum atomic E-state index is 13.2. The van der Waals surface area contributed by atoms with Gasteiger partial charge in [-0.3, -0.25) is 4.98 Å². The molecule has 0 fully saturated rings. The lowest BCUT2D eigenvalue weighted by molar-refractivity contribution is 0.628. The van der Waals surface area contributed by atoms with Crippen LogP contribution in [0.4, 0.5) is 15.8 Å². The Morgan fingerprint density at radius 1 is 1.35 bits per heavy atom. The lowest BCUT2D eigenvalue weighted by Crippen LogP contribution is -2.16. The molecular weight excluding hydrogens is 217 g/mol. The normalized spacial score (nSPS) is 10.2. The molecule has 2 N–H and O–H groups in total. The Kier molecular flexibility index (Phi) is 3.23. The molecule has 0 saturated carbocycles. The summed E-state index contributed by atoms with van der Waals surface area (Å²) in [7, 11) is 1.89. The summed E-state index contributed by atoms with van der Waals surface area (Å²) in [5.41, 5.74) is 7.86. The van der Waals surface area contributed by atoms with E-state index in [1.807, 2.05) is 24.1 Å². The van der Waals surface area contributed by atoms with Crippen molar-refractivity contribution < 1.29 is 4.39 Å². The average Bonchev–Trinajstić information content (AvgIpc) is 2.29. The van der Waals surface area contributed by atoms with Gasteiger partial charge in [0, 0.05) is 37.4 Å². The fourth-order valence-electron chi connectivity index (χ4n) is 1.67. The Balaban J connectivity index is 2.17. The van der Waals surface area contributed by atoms with Gasteiger partial charge in [-0.05, 0) is 29.8 Å². The maximum Gasteiger partial charge on any atom is 0.127 e. The Hall–Kier alpha value is -2.10. The van der Waals surface area contributed by atoms with Gasteiger partial charge in [0.25, 0.3) is 0 Å². The van der Waals surface area contributed by atoms with E-state index in [1.54, 1.807) is 18.5 Å². The van der Waals surface area contributed by atoms with Crippen LogP contribution in [0.2, 0.25) is 0 Å². The van der Waals surface area contributed by atoms with E-state index >= 15 is 0 Å². The van der Waals surface area contributed by atoms with E-state index in [9.17, 15) is 4.39 Å². The highest BCUT2D eigenvalue weighted by molar-refractivity contribution is 5.56. The van der Waals surface area contributed by atoms with E-state index in [2.05, 4.69) is 4.98 Å². The summed E-state index contributed by atoms with van der Waals surface area (Å²) in [5.74, 6) is -0.321. The number of aromatic nitrogens is 1. The van der Waals surface area contributed by atoms with Crippen molar-refractivity contribution in [3.05, 3.63) is 54.1 Å². The van der Waals surface area contributed by atoms with Gasteiger partial charge in [0.2, 0.25) is 0 Å². The van der Waals surface area contributed by atoms with E-state index in [1.165, 1.54) is 12.1 Å². The molecule has 0 aliphatic rings. The van der Waals surface area contributed by atoms with Gasteiger partial charge in [0.1, 0.15) is 5.82 Å². The molecule has 0 radical (unpaired) electrons. The van der Waals surface area contributed by atoms with Gasteiger partial charge in [-0.25, -0.2) is 4.39 Å². The predicted molar refractivity (Wildman–Crippen MR) is 67.2 cm³/mol. The number of nitrogens with two attached hydrogens (primary N) is 1. The van der Waals surface area contributed by atoms with Crippen LogP contribution >= 0.6 is 0 Å². The summed E-state index contributed by atoms with van der Waals surface area (Å²) in [5, 5.41) is 0. The number of nitrogens with zero attached hydrogens (tertiary/aromatic N) is 2. The molecule has 0 aliphatic carbocycles. The van der Waals surface area contributed by atoms with E-state index in [0.29, 0.717) is 12.2 Å². The molecule has 0 unspecified atom stereocenters. The summed E-state index contributed by atoms with van der Waals surface area (Å²) >= 11 is 0. The topological polar surface area (TPSA) is 42.2 Å². The van der Waals surface area contributed by atoms with E-state index in [0.717, 1.165) is 11.3 Å². The molecule has 17 heavy (non-hydrogen) atoms. The highest BCUT2D eigenvalue weighted by atomic mass is 19.1. The molecule has 0 spiro atoms. The lowest BCUT2D eigenvalue weighted by atomic mass is 10.2. The largest absolute Gasteiger partial charge is 0.399 e. The molecule has 2 aromatic rings. The number of halogens is 1. The predicted octanol–water partition coefficient (Wildman–Crippen LogP) is 2.44. The van der Waals surface area contributed by atoms with Crippen LogP contribution in [-0.2, 0) is 6.54 Å². The zero-order chi connectivity index (χ0) is 12.3. The lowest BCUT2D eigenvalue weighted by Gasteiger charge is -2.19. The molecule has 1 aromatic carbocycles. The fraction of sp³-hybridized carbons (Fsp3) is 0.154. The van der Waals surface area contributed by atoms with Crippen molar-refractivity contribution in [3.63, 3.8) is 0 Å². The maximum absolute atomic E-state index is 13.2. The zero-order valence-corrected chi connectivity index (χ0v) is 9.60. The van der Waals surface area contributed by atoms with Crippen molar-refractivity contribution in [3.8, 4) is 0 Å². The molecule has 1 heterocycles. The number of rotatable bonds is 3. The highest BCUT2D eigenvalue weighted by Gasteiger charge is 2.05. The van der Waals surface area contributed by atoms with Gasteiger partial charge in [-0.1, -0.05) is 6.07 Å². The number of hydrogen-bond donors (Lipinski definition) is 1. The summed E-state index contributed by atoms with van der Waals surface area (Å²) in [6.07, 6.45) is 3.52.